The number of carbonyl (C=O) groups excluding carboxylic acids is 1. The molecule has 1 aromatic heterocycles. The van der Waals surface area contributed by atoms with Crippen LogP contribution in [-0.2, 0) is 11.3 Å². The number of halogens is 2. The van der Waals surface area contributed by atoms with E-state index in [2.05, 4.69) is 10.3 Å². The fourth-order valence-electron chi connectivity index (χ4n) is 2.04. The number of nitrogen functional groups attached to an aromatic ring is 1. The molecule has 1 aromatic carbocycles. The molecule has 114 valence electrons. The number of rotatable bonds is 5. The second kappa shape index (κ2) is 6.59. The number of hydrogen-bond donors (Lipinski definition) is 2. The molecule has 0 aliphatic rings. The molecule has 1 atom stereocenters. The van der Waals surface area contributed by atoms with E-state index in [0.29, 0.717) is 27.1 Å². The van der Waals surface area contributed by atoms with Crippen molar-refractivity contribution in [2.75, 3.05) is 5.73 Å². The number of fused-ring (bicyclic) bond motifs is 1. The molecule has 2 aromatic rings. The third-order valence-electron chi connectivity index (χ3n) is 3.40. The summed E-state index contributed by atoms with van der Waals surface area (Å²) in [6.07, 6.45) is 1.17. The van der Waals surface area contributed by atoms with Crippen molar-refractivity contribution in [3.05, 3.63) is 21.5 Å². The van der Waals surface area contributed by atoms with E-state index in [1.807, 2.05) is 36.4 Å². The first kappa shape index (κ1) is 16.0. The minimum Gasteiger partial charge on any atom is -0.369 e. The first-order valence-electron chi connectivity index (χ1n) is 6.82. The SMILES string of the molecule is CCC(C)NC(=O)CCn1c(N)nc2cc(I)c(F)cc21. The molecule has 5 nitrogen and oxygen atoms in total. The molecule has 0 radical (unpaired) electrons. The van der Waals surface area contributed by atoms with Crippen LogP contribution in [0.15, 0.2) is 12.1 Å². The van der Waals surface area contributed by atoms with Gasteiger partial charge in [-0.1, -0.05) is 6.92 Å². The van der Waals surface area contributed by atoms with E-state index < -0.39 is 0 Å². The van der Waals surface area contributed by atoms with Gasteiger partial charge in [-0.2, -0.15) is 0 Å². The zero-order chi connectivity index (χ0) is 15.6. The lowest BCUT2D eigenvalue weighted by Gasteiger charge is -2.12. The quantitative estimate of drug-likeness (QED) is 0.753. The summed E-state index contributed by atoms with van der Waals surface area (Å²) in [5.74, 6) is -0.0624. The Morgan fingerprint density at radius 1 is 1.57 bits per heavy atom. The van der Waals surface area contributed by atoms with Crippen molar-refractivity contribution in [3.63, 3.8) is 0 Å². The van der Waals surface area contributed by atoms with Crippen LogP contribution < -0.4 is 11.1 Å². The zero-order valence-corrected chi connectivity index (χ0v) is 14.1. The number of benzene rings is 1. The van der Waals surface area contributed by atoms with Crippen LogP contribution >= 0.6 is 22.6 Å². The highest BCUT2D eigenvalue weighted by Gasteiger charge is 2.13. The van der Waals surface area contributed by atoms with Gasteiger partial charge in [-0.15, -0.1) is 0 Å². The summed E-state index contributed by atoms with van der Waals surface area (Å²) in [6, 6.07) is 3.21. The van der Waals surface area contributed by atoms with Crippen molar-refractivity contribution in [2.45, 2.75) is 39.3 Å². The molecule has 2 rings (SSSR count). The van der Waals surface area contributed by atoms with Crippen molar-refractivity contribution < 1.29 is 9.18 Å². The van der Waals surface area contributed by atoms with Gasteiger partial charge in [0.15, 0.2) is 0 Å². The van der Waals surface area contributed by atoms with Crippen LogP contribution in [0.2, 0.25) is 0 Å². The largest absolute Gasteiger partial charge is 0.369 e. The predicted molar refractivity (Wildman–Crippen MR) is 89.3 cm³/mol. The molecule has 1 heterocycles. The fourth-order valence-corrected chi connectivity index (χ4v) is 2.49. The third-order valence-corrected chi connectivity index (χ3v) is 4.23. The second-order valence-electron chi connectivity index (χ2n) is 5.00. The molecule has 1 amide bonds. The Kier molecular flexibility index (Phi) is 5.02. The third kappa shape index (κ3) is 3.63. The molecule has 0 aliphatic carbocycles. The molecule has 0 fully saturated rings. The highest BCUT2D eigenvalue weighted by atomic mass is 127. The van der Waals surface area contributed by atoms with E-state index >= 15 is 0 Å². The molecule has 0 aliphatic heterocycles. The smallest absolute Gasteiger partial charge is 0.222 e. The maximum atomic E-state index is 13.7. The number of nitrogens with zero attached hydrogens (tertiary/aromatic N) is 2. The van der Waals surface area contributed by atoms with Crippen molar-refractivity contribution >= 4 is 45.5 Å². The second-order valence-corrected chi connectivity index (χ2v) is 6.17. The first-order chi connectivity index (χ1) is 9.92. The molecular formula is C14H18FIN4O. The number of nitrogens with one attached hydrogen (secondary N) is 1. The van der Waals surface area contributed by atoms with Gasteiger partial charge in [-0.05, 0) is 42.0 Å². The highest BCUT2D eigenvalue weighted by Crippen LogP contribution is 2.23. The minimum atomic E-state index is -0.312. The zero-order valence-electron chi connectivity index (χ0n) is 12.0. The molecular weight excluding hydrogens is 386 g/mol. The van der Waals surface area contributed by atoms with Gasteiger partial charge in [-0.25, -0.2) is 9.37 Å². The van der Waals surface area contributed by atoms with E-state index in [4.69, 9.17) is 5.73 Å². The Morgan fingerprint density at radius 2 is 2.29 bits per heavy atom. The number of aryl methyl sites for hydroxylation is 1. The lowest BCUT2D eigenvalue weighted by Crippen LogP contribution is -2.32. The maximum Gasteiger partial charge on any atom is 0.222 e. The number of hydrogen-bond acceptors (Lipinski definition) is 3. The van der Waals surface area contributed by atoms with Crippen molar-refractivity contribution in [1.29, 1.82) is 0 Å². The van der Waals surface area contributed by atoms with Crippen LogP contribution in [0.25, 0.3) is 11.0 Å². The molecule has 0 bridgehead atoms. The first-order valence-corrected chi connectivity index (χ1v) is 7.90. The molecule has 0 spiro atoms. The van der Waals surface area contributed by atoms with Gasteiger partial charge in [0.1, 0.15) is 5.82 Å². The Hall–Kier alpha value is -1.38. The normalized spacial score (nSPS) is 12.6. The van der Waals surface area contributed by atoms with Crippen LogP contribution in [0.1, 0.15) is 26.7 Å². The highest BCUT2D eigenvalue weighted by molar-refractivity contribution is 14.1. The topological polar surface area (TPSA) is 72.9 Å². The Balaban J connectivity index is 2.17. The average molecular weight is 404 g/mol. The number of anilines is 1. The summed E-state index contributed by atoms with van der Waals surface area (Å²) < 4.78 is 15.9. The summed E-state index contributed by atoms with van der Waals surface area (Å²) in [5, 5.41) is 2.89. The van der Waals surface area contributed by atoms with Gasteiger partial charge in [0.05, 0.1) is 14.6 Å². The van der Waals surface area contributed by atoms with Gasteiger partial charge in [0, 0.05) is 25.1 Å². The number of carbonyl (C=O) groups is 1. The van der Waals surface area contributed by atoms with Gasteiger partial charge in [0.25, 0.3) is 0 Å². The Bertz CT molecular complexity index is 671. The minimum absolute atomic E-state index is 0.0448. The number of nitrogens with two attached hydrogens (primary N) is 1. The van der Waals surface area contributed by atoms with Gasteiger partial charge < -0.3 is 15.6 Å². The van der Waals surface area contributed by atoms with E-state index in [9.17, 15) is 9.18 Å². The summed E-state index contributed by atoms with van der Waals surface area (Å²) in [5.41, 5.74) is 7.11. The summed E-state index contributed by atoms with van der Waals surface area (Å²) in [7, 11) is 0. The van der Waals surface area contributed by atoms with Crippen LogP contribution in [0.3, 0.4) is 0 Å². The van der Waals surface area contributed by atoms with E-state index in [0.717, 1.165) is 6.42 Å². The van der Waals surface area contributed by atoms with E-state index in [1.54, 1.807) is 10.6 Å². The molecule has 0 saturated heterocycles. The summed E-state index contributed by atoms with van der Waals surface area (Å²) >= 11 is 1.91. The fraction of sp³-hybridized carbons (Fsp3) is 0.429. The van der Waals surface area contributed by atoms with E-state index in [-0.39, 0.29) is 24.2 Å². The van der Waals surface area contributed by atoms with Gasteiger partial charge >= 0.3 is 0 Å². The van der Waals surface area contributed by atoms with Gasteiger partial charge in [0.2, 0.25) is 11.9 Å². The monoisotopic (exact) mass is 404 g/mol. The van der Waals surface area contributed by atoms with Crippen molar-refractivity contribution in [3.8, 4) is 0 Å². The van der Waals surface area contributed by atoms with Gasteiger partial charge in [-0.3, -0.25) is 4.79 Å². The van der Waals surface area contributed by atoms with Crippen LogP contribution in [-0.4, -0.2) is 21.5 Å². The van der Waals surface area contributed by atoms with E-state index in [1.165, 1.54) is 6.07 Å². The molecule has 0 saturated carbocycles. The Labute approximate surface area is 136 Å². The molecule has 1 unspecified atom stereocenters. The standard InChI is InChI=1S/C14H18FIN4O/c1-3-8(2)18-13(21)4-5-20-12-6-9(15)10(16)7-11(12)19-14(20)17/h6-8H,3-5H2,1-2H3,(H2,17,19)(H,18,21). The number of amides is 1. The molecule has 7 heteroatoms. The molecule has 3 N–H and O–H groups in total. The van der Waals surface area contributed by atoms with Crippen molar-refractivity contribution in [2.24, 2.45) is 0 Å². The lowest BCUT2D eigenvalue weighted by molar-refractivity contribution is -0.121. The average Bonchev–Trinajstić information content (AvgIpc) is 2.72. The predicted octanol–water partition coefficient (Wildman–Crippen LogP) is 2.67. The summed E-state index contributed by atoms with van der Waals surface area (Å²) in [4.78, 5) is 16.0. The van der Waals surface area contributed by atoms with Crippen LogP contribution in [0, 0.1) is 9.39 Å². The summed E-state index contributed by atoms with van der Waals surface area (Å²) in [6.45, 7) is 4.34. The van der Waals surface area contributed by atoms with Crippen LogP contribution in [0.4, 0.5) is 10.3 Å². The molecule has 21 heavy (non-hydrogen) atoms. The maximum absolute atomic E-state index is 13.7. The van der Waals surface area contributed by atoms with Crippen LogP contribution in [0.5, 0.6) is 0 Å². The van der Waals surface area contributed by atoms with Crippen molar-refractivity contribution in [1.82, 2.24) is 14.9 Å². The number of imidazole rings is 1. The number of aromatic nitrogens is 2. The Morgan fingerprint density at radius 3 is 2.95 bits per heavy atom. The lowest BCUT2D eigenvalue weighted by atomic mass is 10.2.